The number of amides is 2. The molecule has 0 spiro atoms. The fourth-order valence-corrected chi connectivity index (χ4v) is 2.68. The highest BCUT2D eigenvalue weighted by Crippen LogP contribution is 2.20. The van der Waals surface area contributed by atoms with Crippen LogP contribution in [0.2, 0.25) is 0 Å². The summed E-state index contributed by atoms with van der Waals surface area (Å²) >= 11 is 0. The van der Waals surface area contributed by atoms with Crippen LogP contribution in [-0.4, -0.2) is 31.5 Å². The summed E-state index contributed by atoms with van der Waals surface area (Å²) in [7, 11) is 1.28. The Morgan fingerprint density at radius 3 is 2.27 bits per heavy atom. The standard InChI is InChI=1S/C23H20N2O5/c1-29-23(28)16-8-7-11-18(14-16)24-21(26)15-30-20-13-6-5-12-19(20)22(27)25-17-9-3-2-4-10-17/h2-14H,15H2,1H3,(H,24,26)(H,25,27). The van der Waals surface area contributed by atoms with E-state index in [1.807, 2.05) is 18.2 Å². The van der Waals surface area contributed by atoms with Gasteiger partial charge in [0.05, 0.1) is 18.2 Å². The van der Waals surface area contributed by atoms with Gasteiger partial charge in [0.15, 0.2) is 6.61 Å². The molecule has 7 nitrogen and oxygen atoms in total. The van der Waals surface area contributed by atoms with Gasteiger partial charge in [0.1, 0.15) is 5.75 Å². The molecule has 3 aromatic carbocycles. The number of carbonyl (C=O) groups is 3. The van der Waals surface area contributed by atoms with Crippen molar-refractivity contribution in [3.63, 3.8) is 0 Å². The van der Waals surface area contributed by atoms with E-state index in [4.69, 9.17) is 4.74 Å². The number of hydrogen-bond donors (Lipinski definition) is 2. The van der Waals surface area contributed by atoms with Crippen LogP contribution in [0.4, 0.5) is 11.4 Å². The van der Waals surface area contributed by atoms with E-state index in [-0.39, 0.29) is 18.3 Å². The Morgan fingerprint density at radius 1 is 0.800 bits per heavy atom. The molecule has 7 heteroatoms. The van der Waals surface area contributed by atoms with Gasteiger partial charge < -0.3 is 20.1 Å². The molecule has 0 atom stereocenters. The molecule has 0 unspecified atom stereocenters. The molecule has 2 amide bonds. The molecular formula is C23H20N2O5. The van der Waals surface area contributed by atoms with E-state index in [1.165, 1.54) is 13.2 Å². The van der Waals surface area contributed by atoms with Gasteiger partial charge in [-0.25, -0.2) is 4.79 Å². The molecule has 30 heavy (non-hydrogen) atoms. The minimum atomic E-state index is -0.499. The molecule has 0 radical (unpaired) electrons. The lowest BCUT2D eigenvalue weighted by atomic mass is 10.2. The zero-order valence-corrected chi connectivity index (χ0v) is 16.3. The first-order chi connectivity index (χ1) is 14.6. The summed E-state index contributed by atoms with van der Waals surface area (Å²) in [5, 5.41) is 5.43. The minimum absolute atomic E-state index is 0.282. The Morgan fingerprint density at radius 2 is 1.50 bits per heavy atom. The van der Waals surface area contributed by atoms with Crippen molar-refractivity contribution in [1.82, 2.24) is 0 Å². The first-order valence-corrected chi connectivity index (χ1v) is 9.13. The van der Waals surface area contributed by atoms with Crippen molar-refractivity contribution in [2.24, 2.45) is 0 Å². The second-order valence-electron chi connectivity index (χ2n) is 6.23. The number of ether oxygens (including phenoxy) is 2. The lowest BCUT2D eigenvalue weighted by molar-refractivity contribution is -0.118. The number of rotatable bonds is 7. The van der Waals surface area contributed by atoms with E-state index in [2.05, 4.69) is 15.4 Å². The van der Waals surface area contributed by atoms with Gasteiger partial charge in [-0.3, -0.25) is 9.59 Å². The van der Waals surface area contributed by atoms with Crippen LogP contribution in [0.3, 0.4) is 0 Å². The maximum absolute atomic E-state index is 12.6. The third-order valence-corrected chi connectivity index (χ3v) is 4.09. The Labute approximate surface area is 173 Å². The predicted molar refractivity (Wildman–Crippen MR) is 113 cm³/mol. The van der Waals surface area contributed by atoms with Crippen molar-refractivity contribution < 1.29 is 23.9 Å². The first-order valence-electron chi connectivity index (χ1n) is 9.13. The molecule has 0 aliphatic heterocycles. The SMILES string of the molecule is COC(=O)c1cccc(NC(=O)COc2ccccc2C(=O)Nc2ccccc2)c1. The van der Waals surface area contributed by atoms with Gasteiger partial charge in [-0.2, -0.15) is 0 Å². The monoisotopic (exact) mass is 404 g/mol. The summed E-state index contributed by atoms with van der Waals surface area (Å²) < 4.78 is 10.2. The normalized spacial score (nSPS) is 10.0. The molecular weight excluding hydrogens is 384 g/mol. The van der Waals surface area contributed by atoms with Crippen molar-refractivity contribution in [2.75, 3.05) is 24.4 Å². The van der Waals surface area contributed by atoms with Crippen LogP contribution < -0.4 is 15.4 Å². The third-order valence-electron chi connectivity index (χ3n) is 4.09. The van der Waals surface area contributed by atoms with E-state index in [9.17, 15) is 14.4 Å². The molecule has 0 saturated carbocycles. The maximum Gasteiger partial charge on any atom is 0.337 e. The van der Waals surface area contributed by atoms with Gasteiger partial charge in [0.25, 0.3) is 11.8 Å². The molecule has 3 aromatic rings. The van der Waals surface area contributed by atoms with Crippen LogP contribution in [-0.2, 0) is 9.53 Å². The minimum Gasteiger partial charge on any atom is -0.483 e. The van der Waals surface area contributed by atoms with Crippen molar-refractivity contribution in [3.05, 3.63) is 90.0 Å². The Hall–Kier alpha value is -4.13. The van der Waals surface area contributed by atoms with Crippen molar-refractivity contribution in [3.8, 4) is 5.75 Å². The molecule has 2 N–H and O–H groups in total. The molecule has 3 rings (SSSR count). The Balaban J connectivity index is 1.63. The Bertz CT molecular complexity index is 1050. The van der Waals surface area contributed by atoms with Crippen LogP contribution in [0.5, 0.6) is 5.75 Å². The highest BCUT2D eigenvalue weighted by Gasteiger charge is 2.14. The van der Waals surface area contributed by atoms with E-state index in [0.717, 1.165) is 0 Å². The van der Waals surface area contributed by atoms with Gasteiger partial charge in [0.2, 0.25) is 0 Å². The lowest BCUT2D eigenvalue weighted by Crippen LogP contribution is -2.21. The number of carbonyl (C=O) groups excluding carboxylic acids is 3. The number of anilines is 2. The van der Waals surface area contributed by atoms with Crippen LogP contribution in [0.25, 0.3) is 0 Å². The highest BCUT2D eigenvalue weighted by atomic mass is 16.5. The third kappa shape index (κ3) is 5.45. The Kier molecular flexibility index (Phi) is 6.78. The van der Waals surface area contributed by atoms with Crippen LogP contribution in [0.15, 0.2) is 78.9 Å². The number of nitrogens with one attached hydrogen (secondary N) is 2. The zero-order valence-electron chi connectivity index (χ0n) is 16.3. The number of methoxy groups -OCH3 is 1. The van der Waals surface area contributed by atoms with Gasteiger partial charge in [-0.05, 0) is 42.5 Å². The topological polar surface area (TPSA) is 93.7 Å². The number of esters is 1. The van der Waals surface area contributed by atoms with E-state index in [1.54, 1.807) is 54.6 Å². The average molecular weight is 404 g/mol. The van der Waals surface area contributed by atoms with E-state index < -0.39 is 11.9 Å². The van der Waals surface area contributed by atoms with Crippen molar-refractivity contribution in [2.45, 2.75) is 0 Å². The smallest absolute Gasteiger partial charge is 0.337 e. The molecule has 0 bridgehead atoms. The summed E-state index contributed by atoms with van der Waals surface area (Å²) in [5.41, 5.74) is 1.71. The number of para-hydroxylation sites is 2. The highest BCUT2D eigenvalue weighted by molar-refractivity contribution is 6.06. The van der Waals surface area contributed by atoms with Gasteiger partial charge >= 0.3 is 5.97 Å². The first kappa shape index (κ1) is 20.6. The largest absolute Gasteiger partial charge is 0.483 e. The second-order valence-corrected chi connectivity index (χ2v) is 6.23. The molecule has 0 fully saturated rings. The summed E-state index contributed by atoms with van der Waals surface area (Å²) in [5.74, 6) is -0.997. The molecule has 0 aromatic heterocycles. The number of benzene rings is 3. The van der Waals surface area contributed by atoms with Crippen LogP contribution in [0, 0.1) is 0 Å². The molecule has 0 saturated heterocycles. The predicted octanol–water partition coefficient (Wildman–Crippen LogP) is 3.74. The number of hydrogen-bond acceptors (Lipinski definition) is 5. The second kappa shape index (κ2) is 9.88. The fraction of sp³-hybridized carbons (Fsp3) is 0.0870. The van der Waals surface area contributed by atoms with Crippen molar-refractivity contribution >= 4 is 29.2 Å². The molecule has 0 aliphatic carbocycles. The van der Waals surface area contributed by atoms with E-state index in [0.29, 0.717) is 22.5 Å². The lowest BCUT2D eigenvalue weighted by Gasteiger charge is -2.12. The summed E-state index contributed by atoms with van der Waals surface area (Å²) in [6, 6.07) is 22.1. The summed E-state index contributed by atoms with van der Waals surface area (Å²) in [6.07, 6.45) is 0. The van der Waals surface area contributed by atoms with Gasteiger partial charge in [-0.15, -0.1) is 0 Å². The average Bonchev–Trinajstić information content (AvgIpc) is 2.78. The van der Waals surface area contributed by atoms with Crippen molar-refractivity contribution in [1.29, 1.82) is 0 Å². The molecule has 0 aliphatic rings. The molecule has 152 valence electrons. The quantitative estimate of drug-likeness (QED) is 0.585. The van der Waals surface area contributed by atoms with Crippen LogP contribution in [0.1, 0.15) is 20.7 Å². The van der Waals surface area contributed by atoms with E-state index >= 15 is 0 Å². The summed E-state index contributed by atoms with van der Waals surface area (Å²) in [4.78, 5) is 36.4. The van der Waals surface area contributed by atoms with Gasteiger partial charge in [0, 0.05) is 11.4 Å². The fourth-order valence-electron chi connectivity index (χ4n) is 2.68. The summed E-state index contributed by atoms with van der Waals surface area (Å²) in [6.45, 7) is -0.307. The van der Waals surface area contributed by atoms with Crippen LogP contribution >= 0.6 is 0 Å². The van der Waals surface area contributed by atoms with Gasteiger partial charge in [-0.1, -0.05) is 36.4 Å². The zero-order chi connectivity index (χ0) is 21.3. The molecule has 0 heterocycles. The maximum atomic E-state index is 12.6.